The molecule has 6 heteroatoms. The van der Waals surface area contributed by atoms with Gasteiger partial charge in [-0.25, -0.2) is 5.43 Å². The Bertz CT molecular complexity index is 814. The summed E-state index contributed by atoms with van der Waals surface area (Å²) in [6.07, 6.45) is 1.44. The molecule has 0 aromatic heterocycles. The zero-order valence-corrected chi connectivity index (χ0v) is 16.4. The number of hydrazone groups is 1. The van der Waals surface area contributed by atoms with Crippen LogP contribution in [-0.2, 0) is 4.79 Å². The van der Waals surface area contributed by atoms with Gasteiger partial charge in [-0.3, -0.25) is 4.79 Å². The third-order valence-corrected chi connectivity index (χ3v) is 4.36. The fourth-order valence-corrected chi connectivity index (χ4v) is 2.83. The van der Waals surface area contributed by atoms with Crippen molar-refractivity contribution in [2.75, 3.05) is 29.9 Å². The molecule has 2 aromatic rings. The second kappa shape index (κ2) is 9.62. The first-order valence-electron chi connectivity index (χ1n) is 9.15. The van der Waals surface area contributed by atoms with E-state index in [1.54, 1.807) is 12.1 Å². The minimum Gasteiger partial charge on any atom is -0.507 e. The monoisotopic (exact) mass is 368 g/mol. The summed E-state index contributed by atoms with van der Waals surface area (Å²) in [6, 6.07) is 11.4. The van der Waals surface area contributed by atoms with Gasteiger partial charge in [-0.05, 0) is 51.5 Å². The molecular weight excluding hydrogens is 340 g/mol. The van der Waals surface area contributed by atoms with Crippen LogP contribution in [0.25, 0.3) is 0 Å². The van der Waals surface area contributed by atoms with Crippen LogP contribution in [0, 0.1) is 13.8 Å². The number of amides is 1. The Morgan fingerprint density at radius 1 is 1.15 bits per heavy atom. The molecule has 27 heavy (non-hydrogen) atoms. The second-order valence-electron chi connectivity index (χ2n) is 6.38. The molecule has 1 amide bonds. The highest BCUT2D eigenvalue weighted by atomic mass is 16.3. The maximum Gasteiger partial charge on any atom is 0.259 e. The molecule has 0 fully saturated rings. The summed E-state index contributed by atoms with van der Waals surface area (Å²) in [7, 11) is 0. The Labute approximate surface area is 160 Å². The molecule has 0 heterocycles. The highest BCUT2D eigenvalue weighted by molar-refractivity contribution is 5.87. The van der Waals surface area contributed by atoms with Crippen LogP contribution in [0.1, 0.15) is 30.5 Å². The summed E-state index contributed by atoms with van der Waals surface area (Å²) in [5.74, 6) is -0.128. The molecule has 0 bridgehead atoms. The fraction of sp³-hybridized carbons (Fsp3) is 0.333. The van der Waals surface area contributed by atoms with Gasteiger partial charge in [0, 0.05) is 36.1 Å². The zero-order chi connectivity index (χ0) is 19.8. The van der Waals surface area contributed by atoms with E-state index < -0.39 is 0 Å². The number of carbonyl (C=O) groups excluding carboxylic acids is 1. The van der Waals surface area contributed by atoms with E-state index in [4.69, 9.17) is 0 Å². The number of anilines is 2. The largest absolute Gasteiger partial charge is 0.507 e. The number of nitrogens with zero attached hydrogens (tertiary/aromatic N) is 2. The van der Waals surface area contributed by atoms with Crippen molar-refractivity contribution >= 4 is 23.5 Å². The fourth-order valence-electron chi connectivity index (χ4n) is 2.83. The van der Waals surface area contributed by atoms with Gasteiger partial charge < -0.3 is 15.3 Å². The lowest BCUT2D eigenvalue weighted by molar-refractivity contribution is -0.119. The standard InChI is InChI=1S/C21H28N4O2/c1-5-25(6-2)18-9-8-17(20(26)12-18)13-23-24-21(27)14-22-19-10-7-15(3)11-16(19)4/h7-13,22,26H,5-6,14H2,1-4H3,(H,24,27)/b23-13+. The molecule has 0 spiro atoms. The second-order valence-corrected chi connectivity index (χ2v) is 6.38. The van der Waals surface area contributed by atoms with Crippen LogP contribution in [0.3, 0.4) is 0 Å². The Balaban J connectivity index is 1.90. The van der Waals surface area contributed by atoms with Gasteiger partial charge >= 0.3 is 0 Å². The number of phenols is 1. The van der Waals surface area contributed by atoms with Crippen LogP contribution in [0.5, 0.6) is 5.75 Å². The van der Waals surface area contributed by atoms with E-state index in [0.717, 1.165) is 30.0 Å². The van der Waals surface area contributed by atoms with Crippen molar-refractivity contribution in [2.45, 2.75) is 27.7 Å². The van der Waals surface area contributed by atoms with Gasteiger partial charge in [0.25, 0.3) is 5.91 Å². The Morgan fingerprint density at radius 2 is 1.89 bits per heavy atom. The van der Waals surface area contributed by atoms with Crippen molar-refractivity contribution in [1.82, 2.24) is 5.43 Å². The summed E-state index contributed by atoms with van der Waals surface area (Å²) in [5.41, 5.74) is 7.16. The highest BCUT2D eigenvalue weighted by Crippen LogP contribution is 2.23. The van der Waals surface area contributed by atoms with Crippen LogP contribution >= 0.6 is 0 Å². The van der Waals surface area contributed by atoms with Gasteiger partial charge in [-0.1, -0.05) is 17.7 Å². The van der Waals surface area contributed by atoms with E-state index in [1.807, 2.05) is 32.0 Å². The van der Waals surface area contributed by atoms with E-state index in [2.05, 4.69) is 40.7 Å². The van der Waals surface area contributed by atoms with Crippen molar-refractivity contribution in [1.29, 1.82) is 0 Å². The number of phenolic OH excluding ortho intramolecular Hbond substituents is 1. The third-order valence-electron chi connectivity index (χ3n) is 4.36. The van der Waals surface area contributed by atoms with Crippen LogP contribution in [-0.4, -0.2) is 36.9 Å². The minimum atomic E-state index is -0.259. The molecule has 0 aliphatic heterocycles. The summed E-state index contributed by atoms with van der Waals surface area (Å²) in [4.78, 5) is 14.1. The molecule has 0 atom stereocenters. The lowest BCUT2D eigenvalue weighted by atomic mass is 10.1. The van der Waals surface area contributed by atoms with E-state index in [9.17, 15) is 9.90 Å². The smallest absolute Gasteiger partial charge is 0.259 e. The van der Waals surface area contributed by atoms with Crippen LogP contribution in [0.2, 0.25) is 0 Å². The zero-order valence-electron chi connectivity index (χ0n) is 16.4. The van der Waals surface area contributed by atoms with E-state index in [1.165, 1.54) is 11.8 Å². The van der Waals surface area contributed by atoms with Crippen molar-refractivity contribution in [3.05, 3.63) is 53.1 Å². The lowest BCUT2D eigenvalue weighted by Crippen LogP contribution is -2.26. The highest BCUT2D eigenvalue weighted by Gasteiger charge is 2.06. The van der Waals surface area contributed by atoms with Gasteiger partial charge in [-0.15, -0.1) is 0 Å². The molecule has 0 saturated carbocycles. The summed E-state index contributed by atoms with van der Waals surface area (Å²) < 4.78 is 0. The molecule has 2 rings (SSSR count). The summed E-state index contributed by atoms with van der Waals surface area (Å²) in [6.45, 7) is 10.0. The number of rotatable bonds is 8. The SMILES string of the molecule is CCN(CC)c1ccc(/C=N/NC(=O)CNc2ccc(C)cc2C)c(O)c1. The predicted octanol–water partition coefficient (Wildman–Crippen LogP) is 3.42. The normalized spacial score (nSPS) is 10.8. The van der Waals surface area contributed by atoms with Gasteiger partial charge in [0.2, 0.25) is 0 Å². The van der Waals surface area contributed by atoms with Gasteiger partial charge in [-0.2, -0.15) is 5.10 Å². The molecule has 0 radical (unpaired) electrons. The van der Waals surface area contributed by atoms with E-state index in [0.29, 0.717) is 5.56 Å². The molecule has 3 N–H and O–H groups in total. The van der Waals surface area contributed by atoms with E-state index >= 15 is 0 Å². The number of hydrogen-bond donors (Lipinski definition) is 3. The minimum absolute atomic E-state index is 0.119. The van der Waals surface area contributed by atoms with Gasteiger partial charge in [0.15, 0.2) is 0 Å². The lowest BCUT2D eigenvalue weighted by Gasteiger charge is -2.21. The average molecular weight is 368 g/mol. The topological polar surface area (TPSA) is 77.0 Å². The van der Waals surface area contributed by atoms with Crippen LogP contribution < -0.4 is 15.6 Å². The van der Waals surface area contributed by atoms with Crippen molar-refractivity contribution in [2.24, 2.45) is 5.10 Å². The molecule has 0 aliphatic rings. The third kappa shape index (κ3) is 5.74. The number of nitrogens with one attached hydrogen (secondary N) is 2. The maximum atomic E-state index is 11.9. The number of aryl methyl sites for hydroxylation is 2. The molecule has 144 valence electrons. The first kappa shape index (κ1) is 20.3. The Kier molecular flexibility index (Phi) is 7.23. The first-order valence-corrected chi connectivity index (χ1v) is 9.15. The maximum absolute atomic E-state index is 11.9. The first-order chi connectivity index (χ1) is 12.9. The van der Waals surface area contributed by atoms with Crippen LogP contribution in [0.15, 0.2) is 41.5 Å². The summed E-state index contributed by atoms with van der Waals surface area (Å²) >= 11 is 0. The molecule has 0 aliphatic carbocycles. The van der Waals surface area contributed by atoms with Crippen LogP contribution in [0.4, 0.5) is 11.4 Å². The number of carbonyl (C=O) groups is 1. The molecule has 0 saturated heterocycles. The number of benzene rings is 2. The molecular formula is C21H28N4O2. The number of aromatic hydroxyl groups is 1. The van der Waals surface area contributed by atoms with Crippen molar-refractivity contribution in [3.63, 3.8) is 0 Å². The van der Waals surface area contributed by atoms with Crippen molar-refractivity contribution in [3.8, 4) is 5.75 Å². The van der Waals surface area contributed by atoms with E-state index in [-0.39, 0.29) is 18.2 Å². The Hall–Kier alpha value is -3.02. The van der Waals surface area contributed by atoms with Gasteiger partial charge in [0.05, 0.1) is 12.8 Å². The van der Waals surface area contributed by atoms with Crippen molar-refractivity contribution < 1.29 is 9.90 Å². The quantitative estimate of drug-likeness (QED) is 0.493. The Morgan fingerprint density at radius 3 is 2.52 bits per heavy atom. The average Bonchev–Trinajstić information content (AvgIpc) is 2.63. The summed E-state index contributed by atoms with van der Waals surface area (Å²) in [5, 5.41) is 17.2. The van der Waals surface area contributed by atoms with Gasteiger partial charge in [0.1, 0.15) is 5.75 Å². The molecule has 0 unspecified atom stereocenters. The predicted molar refractivity (Wildman–Crippen MR) is 112 cm³/mol. The molecule has 6 nitrogen and oxygen atoms in total. The number of hydrogen-bond acceptors (Lipinski definition) is 5. The molecule has 2 aromatic carbocycles.